The van der Waals surface area contributed by atoms with Crippen LogP contribution in [0.1, 0.15) is 11.1 Å². The number of H-pyrrole nitrogens is 1. The van der Waals surface area contributed by atoms with Crippen molar-refractivity contribution >= 4 is 11.5 Å². The minimum atomic E-state index is 0.280. The monoisotopic (exact) mass is 362 g/mol. The fourth-order valence-corrected chi connectivity index (χ4v) is 3.30. The van der Waals surface area contributed by atoms with Crippen LogP contribution in [0.2, 0.25) is 0 Å². The van der Waals surface area contributed by atoms with Crippen LogP contribution in [0.3, 0.4) is 0 Å². The maximum absolute atomic E-state index is 9.49. The number of nitrogens with one attached hydrogen (secondary N) is 2. The van der Waals surface area contributed by atoms with Crippen molar-refractivity contribution < 1.29 is 0 Å². The second kappa shape index (κ2) is 6.01. The lowest BCUT2D eigenvalue weighted by Gasteiger charge is -2.08. The zero-order valence-corrected chi connectivity index (χ0v) is 14.3. The molecule has 5 rings (SSSR count). The summed E-state index contributed by atoms with van der Waals surface area (Å²) in [5.41, 5.74) is 4.89. The molecule has 0 amide bonds. The first-order chi connectivity index (χ1) is 13.8. The number of pyridine rings is 3. The van der Waals surface area contributed by atoms with Crippen LogP contribution in [-0.2, 0) is 0 Å². The highest BCUT2D eigenvalue weighted by atomic mass is 15.0. The molecule has 0 saturated heterocycles. The third-order valence-corrected chi connectivity index (χ3v) is 4.53. The molecule has 0 aromatic carbocycles. The summed E-state index contributed by atoms with van der Waals surface area (Å²) in [5.74, 6) is 1.09. The Labute approximate surface area is 159 Å². The summed E-state index contributed by atoms with van der Waals surface area (Å²) in [4.78, 5) is 20.6. The van der Waals surface area contributed by atoms with E-state index >= 15 is 0 Å². The number of hydrogen-bond acceptors (Lipinski definition) is 7. The molecule has 0 radical (unpaired) electrons. The summed E-state index contributed by atoms with van der Waals surface area (Å²) < 4.78 is 0. The van der Waals surface area contributed by atoms with E-state index in [4.69, 9.17) is 4.98 Å². The van der Waals surface area contributed by atoms with Gasteiger partial charge in [-0.1, -0.05) is 0 Å². The molecule has 0 bridgehead atoms. The van der Waals surface area contributed by atoms with E-state index in [-0.39, 0.29) is 11.1 Å². The van der Waals surface area contributed by atoms with Crippen LogP contribution in [0.15, 0.2) is 49.2 Å². The first kappa shape index (κ1) is 15.7. The van der Waals surface area contributed by atoms with Gasteiger partial charge in [0.2, 0.25) is 0 Å². The van der Waals surface area contributed by atoms with Crippen molar-refractivity contribution in [3.05, 3.63) is 60.3 Å². The molecule has 1 aliphatic rings. The molecule has 130 valence electrons. The largest absolute Gasteiger partial charge is 0.338 e. The highest BCUT2D eigenvalue weighted by molar-refractivity contribution is 5.95. The van der Waals surface area contributed by atoms with Gasteiger partial charge in [0.1, 0.15) is 29.5 Å². The number of aromatic nitrogens is 5. The van der Waals surface area contributed by atoms with Crippen molar-refractivity contribution in [2.75, 3.05) is 5.32 Å². The topological polar surface area (TPSA) is 127 Å². The van der Waals surface area contributed by atoms with Crippen LogP contribution in [-0.4, -0.2) is 24.9 Å². The Balaban J connectivity index is 1.85. The number of anilines is 2. The standard InChI is InChI=1S/C20H10N8/c21-6-11-8-24-9-12(7-22)16(11)20-27-17-13-3-5-23-10-15(13)26-19-14(18(17)28-20)2-1-4-25-19/h1-5,8-10H,(H,25,26)(H,27,28). The molecule has 28 heavy (non-hydrogen) atoms. The molecule has 0 aliphatic carbocycles. The smallest absolute Gasteiger partial charge is 0.141 e. The Morgan fingerprint density at radius 1 is 0.893 bits per heavy atom. The number of rotatable bonds is 1. The molecule has 0 spiro atoms. The van der Waals surface area contributed by atoms with Gasteiger partial charge in [-0.25, -0.2) is 9.97 Å². The van der Waals surface area contributed by atoms with E-state index in [1.807, 2.05) is 18.2 Å². The number of hydrogen-bond donors (Lipinski definition) is 2. The van der Waals surface area contributed by atoms with Crippen molar-refractivity contribution in [2.45, 2.75) is 0 Å². The molecule has 5 heterocycles. The molecule has 8 heteroatoms. The molecule has 0 fully saturated rings. The Morgan fingerprint density at radius 2 is 1.71 bits per heavy atom. The van der Waals surface area contributed by atoms with E-state index in [1.165, 1.54) is 12.4 Å². The van der Waals surface area contributed by atoms with Crippen LogP contribution < -0.4 is 5.32 Å². The Kier molecular flexibility index (Phi) is 3.36. The zero-order valence-electron chi connectivity index (χ0n) is 14.3. The predicted octanol–water partition coefficient (Wildman–Crippen LogP) is 3.40. The average Bonchev–Trinajstić information content (AvgIpc) is 3.13. The van der Waals surface area contributed by atoms with Crippen LogP contribution in [0, 0.1) is 22.7 Å². The average molecular weight is 362 g/mol. The lowest BCUT2D eigenvalue weighted by Crippen LogP contribution is -1.97. The molecule has 1 aliphatic heterocycles. The summed E-state index contributed by atoms with van der Waals surface area (Å²) in [7, 11) is 0. The highest BCUT2D eigenvalue weighted by Gasteiger charge is 2.25. The summed E-state index contributed by atoms with van der Waals surface area (Å²) in [5, 5.41) is 22.3. The van der Waals surface area contributed by atoms with Gasteiger partial charge in [-0.3, -0.25) is 9.97 Å². The van der Waals surface area contributed by atoms with Gasteiger partial charge in [0.05, 0.1) is 34.3 Å². The van der Waals surface area contributed by atoms with Crippen molar-refractivity contribution in [3.63, 3.8) is 0 Å². The second-order valence-electron chi connectivity index (χ2n) is 6.09. The lowest BCUT2D eigenvalue weighted by atomic mass is 10.1. The molecule has 4 aromatic rings. The molecule has 0 atom stereocenters. The summed E-state index contributed by atoms with van der Waals surface area (Å²) >= 11 is 0. The van der Waals surface area contributed by atoms with E-state index in [1.54, 1.807) is 18.6 Å². The number of nitriles is 2. The van der Waals surface area contributed by atoms with Crippen molar-refractivity contribution in [1.82, 2.24) is 24.9 Å². The molecular weight excluding hydrogens is 352 g/mol. The van der Waals surface area contributed by atoms with Gasteiger partial charge < -0.3 is 10.3 Å². The second-order valence-corrected chi connectivity index (χ2v) is 6.09. The number of aromatic amines is 1. The van der Waals surface area contributed by atoms with Gasteiger partial charge >= 0.3 is 0 Å². The van der Waals surface area contributed by atoms with E-state index in [0.717, 1.165) is 22.5 Å². The normalized spacial score (nSPS) is 11.1. The fraction of sp³-hybridized carbons (Fsp3) is 0. The first-order valence-electron chi connectivity index (χ1n) is 8.35. The Morgan fingerprint density at radius 3 is 2.50 bits per heavy atom. The number of fused-ring (bicyclic) bond motifs is 5. The van der Waals surface area contributed by atoms with Crippen LogP contribution in [0.4, 0.5) is 11.5 Å². The van der Waals surface area contributed by atoms with Gasteiger partial charge in [0, 0.05) is 35.9 Å². The highest BCUT2D eigenvalue weighted by Crippen LogP contribution is 2.43. The quantitative estimate of drug-likeness (QED) is 0.468. The Hall–Kier alpha value is -4.56. The van der Waals surface area contributed by atoms with Crippen molar-refractivity contribution in [2.24, 2.45) is 0 Å². The molecule has 8 nitrogen and oxygen atoms in total. The fourth-order valence-electron chi connectivity index (χ4n) is 3.30. The molecule has 4 aromatic heterocycles. The zero-order chi connectivity index (χ0) is 19.1. The maximum atomic E-state index is 9.49. The van der Waals surface area contributed by atoms with Gasteiger partial charge in [-0.2, -0.15) is 10.5 Å². The van der Waals surface area contributed by atoms with E-state index in [2.05, 4.69) is 37.4 Å². The van der Waals surface area contributed by atoms with Crippen LogP contribution >= 0.6 is 0 Å². The Bertz CT molecular complexity index is 1230. The third-order valence-electron chi connectivity index (χ3n) is 4.53. The SMILES string of the molecule is N#Cc1cncc(C#N)c1-c1nc2c([nH]1)-c1ccncc1Nc1ncccc1-2. The summed E-state index contributed by atoms with van der Waals surface area (Å²) in [6.45, 7) is 0. The van der Waals surface area contributed by atoms with Crippen LogP contribution in [0.5, 0.6) is 0 Å². The minimum absolute atomic E-state index is 0.280. The number of imidazole rings is 1. The van der Waals surface area contributed by atoms with E-state index in [9.17, 15) is 10.5 Å². The summed E-state index contributed by atoms with van der Waals surface area (Å²) in [6.07, 6.45) is 7.97. The molecule has 0 saturated carbocycles. The van der Waals surface area contributed by atoms with Crippen molar-refractivity contribution in [1.29, 1.82) is 10.5 Å². The minimum Gasteiger partial charge on any atom is -0.338 e. The molecule has 0 unspecified atom stereocenters. The van der Waals surface area contributed by atoms with Gasteiger partial charge in [0.15, 0.2) is 0 Å². The van der Waals surface area contributed by atoms with E-state index in [0.29, 0.717) is 22.9 Å². The summed E-state index contributed by atoms with van der Waals surface area (Å²) in [6, 6.07) is 9.81. The molecule has 2 N–H and O–H groups in total. The van der Waals surface area contributed by atoms with Gasteiger partial charge in [-0.15, -0.1) is 0 Å². The first-order valence-corrected chi connectivity index (χ1v) is 8.35. The lowest BCUT2D eigenvalue weighted by molar-refractivity contribution is 1.23. The van der Waals surface area contributed by atoms with Crippen LogP contribution in [0.25, 0.3) is 33.9 Å². The molecular formula is C20H10N8. The van der Waals surface area contributed by atoms with Crippen molar-refractivity contribution in [3.8, 4) is 46.0 Å². The predicted molar refractivity (Wildman–Crippen MR) is 101 cm³/mol. The van der Waals surface area contributed by atoms with Gasteiger partial charge in [-0.05, 0) is 18.2 Å². The van der Waals surface area contributed by atoms with E-state index < -0.39 is 0 Å². The maximum Gasteiger partial charge on any atom is 0.141 e. The number of nitrogens with zero attached hydrogens (tertiary/aromatic N) is 6. The van der Waals surface area contributed by atoms with Gasteiger partial charge in [0.25, 0.3) is 0 Å². The third kappa shape index (κ3) is 2.23.